The van der Waals surface area contributed by atoms with Gasteiger partial charge in [0.05, 0.1) is 5.48 Å². The van der Waals surface area contributed by atoms with Crippen LogP contribution < -0.4 is 0 Å². The number of fused-ring (bicyclic) bond motifs is 3. The van der Waals surface area contributed by atoms with Crippen molar-refractivity contribution >= 4 is 31.6 Å². The molecule has 0 bridgehead atoms. The molecule has 6 aromatic rings. The number of benzene rings is 2. The van der Waals surface area contributed by atoms with Gasteiger partial charge < -0.3 is 9.97 Å². The summed E-state index contributed by atoms with van der Waals surface area (Å²) in [6.45, 7) is -6.65. The van der Waals surface area contributed by atoms with Crippen LogP contribution in [-0.4, -0.2) is 15.0 Å². The van der Waals surface area contributed by atoms with Crippen LogP contribution >= 0.6 is 11.3 Å². The fraction of sp³-hybridized carbons (Fsp3) is 0.100. The monoisotopic (exact) mass is 663 g/mol. The Morgan fingerprint density at radius 2 is 1.77 bits per heavy atom. The molecule has 0 saturated carbocycles. The zero-order valence-corrected chi connectivity index (χ0v) is 21.1. The Bertz CT molecular complexity index is 2030. The number of hydrogen-bond acceptors (Lipinski definition) is 4. The van der Waals surface area contributed by atoms with Crippen molar-refractivity contribution in [2.75, 3.05) is 0 Å². The molecular formula is C30H23IrN3S-2. The molecule has 2 aromatic carbocycles. The molecule has 0 saturated heterocycles. The fourth-order valence-corrected chi connectivity index (χ4v) is 4.46. The average Bonchev–Trinajstić information content (AvgIpc) is 3.39. The Balaban J connectivity index is 0.000000222. The third-order valence-corrected chi connectivity index (χ3v) is 5.99. The molecule has 1 radical (unpaired) electrons. The van der Waals surface area contributed by atoms with Crippen LogP contribution in [0.25, 0.3) is 42.8 Å². The van der Waals surface area contributed by atoms with Crippen molar-refractivity contribution in [2.24, 2.45) is 0 Å². The Morgan fingerprint density at radius 1 is 0.857 bits per heavy atom. The van der Waals surface area contributed by atoms with Crippen molar-refractivity contribution in [3.63, 3.8) is 0 Å². The van der Waals surface area contributed by atoms with Gasteiger partial charge in [0.1, 0.15) is 4.83 Å². The van der Waals surface area contributed by atoms with E-state index in [1.165, 1.54) is 41.8 Å². The van der Waals surface area contributed by atoms with Crippen LogP contribution in [0.4, 0.5) is 0 Å². The molecule has 6 rings (SSSR count). The minimum absolute atomic E-state index is 0. The van der Waals surface area contributed by atoms with Gasteiger partial charge in [-0.05, 0) is 52.9 Å². The van der Waals surface area contributed by atoms with E-state index in [1.807, 2.05) is 6.07 Å². The molecule has 0 amide bonds. The van der Waals surface area contributed by atoms with Crippen LogP contribution in [0.15, 0.2) is 85.1 Å². The molecule has 0 spiro atoms. The summed E-state index contributed by atoms with van der Waals surface area (Å²) in [5, 5.41) is 1.58. The topological polar surface area (TPSA) is 38.7 Å². The van der Waals surface area contributed by atoms with Crippen LogP contribution in [0, 0.1) is 32.7 Å². The number of hydrogen-bond donors (Lipinski definition) is 0. The Labute approximate surface area is 241 Å². The molecular weight excluding hydrogens is 627 g/mol. The van der Waals surface area contributed by atoms with Gasteiger partial charge in [-0.2, -0.15) is 11.3 Å². The summed E-state index contributed by atoms with van der Waals surface area (Å²) in [7, 11) is 0. The number of aryl methyl sites for hydroxylation is 3. The second kappa shape index (κ2) is 11.0. The SMILES string of the molecule is [2H]C([2H])([2H])c1c[c-]c(-c2ccc(C([2H])([2H])[2H])cn2)cc1.[2H]c1nc(-c2[c-]ccc3c2sc2nc(C([2H])([2H])[2H])ccc23)c([2H])c([2H])c1[2H].[Ir]. The molecule has 5 heteroatoms. The van der Waals surface area contributed by atoms with E-state index in [2.05, 4.69) is 27.1 Å². The van der Waals surface area contributed by atoms with Gasteiger partial charge in [-0.25, -0.2) is 4.98 Å². The number of pyridine rings is 3. The molecule has 0 unspecified atom stereocenters. The van der Waals surface area contributed by atoms with Gasteiger partial charge in [0.25, 0.3) is 0 Å². The standard InChI is InChI=1S/C17H11N2S.C13H12N.Ir/c1-11-8-9-13-12-5-4-6-14(15-7-2-3-10-18-15)16(12)20-17(13)19-11;1-10-3-6-12(7-4-10)13-8-5-11(2)9-14-13;/h2-5,7-10H,1H3;3-6,8-9H,1-2H3;/q2*-1;/i1D3,2D,3D,7D,10D;1D3,2D3;. The average molecular weight is 663 g/mol. The number of rotatable bonds is 2. The summed E-state index contributed by atoms with van der Waals surface area (Å²) in [6.07, 6.45) is 0.925. The Hall–Kier alpha value is -3.24. The number of aromatic nitrogens is 3. The summed E-state index contributed by atoms with van der Waals surface area (Å²) in [5.74, 6) is 0. The summed E-state index contributed by atoms with van der Waals surface area (Å²) < 4.78 is 98.4. The predicted octanol–water partition coefficient (Wildman–Crippen LogP) is 7.78. The van der Waals surface area contributed by atoms with Crippen molar-refractivity contribution in [3.8, 4) is 22.5 Å². The molecule has 0 fully saturated rings. The largest absolute Gasteiger partial charge is 0.305 e. The predicted molar refractivity (Wildman–Crippen MR) is 142 cm³/mol. The van der Waals surface area contributed by atoms with Gasteiger partial charge in [-0.1, -0.05) is 42.5 Å². The van der Waals surface area contributed by atoms with Gasteiger partial charge in [0.15, 0.2) is 0 Å². The zero-order valence-electron chi connectivity index (χ0n) is 30.9. The van der Waals surface area contributed by atoms with E-state index in [0.717, 1.165) is 10.8 Å². The first-order valence-electron chi connectivity index (χ1n) is 16.5. The minimum Gasteiger partial charge on any atom is -0.305 e. The molecule has 3 nitrogen and oxygen atoms in total. The van der Waals surface area contributed by atoms with E-state index in [-0.39, 0.29) is 60.9 Å². The Morgan fingerprint density at radius 3 is 2.54 bits per heavy atom. The quantitative estimate of drug-likeness (QED) is 0.178. The first-order valence-corrected chi connectivity index (χ1v) is 10.9. The van der Waals surface area contributed by atoms with Crippen molar-refractivity contribution < 1.29 is 37.9 Å². The number of thiophene rings is 1. The van der Waals surface area contributed by atoms with E-state index in [9.17, 15) is 0 Å². The Kier molecular flexibility index (Phi) is 4.14. The van der Waals surface area contributed by atoms with E-state index in [0.29, 0.717) is 26.4 Å². The molecule has 0 N–H and O–H groups in total. The van der Waals surface area contributed by atoms with Crippen molar-refractivity contribution in [2.45, 2.75) is 20.6 Å². The van der Waals surface area contributed by atoms with E-state index >= 15 is 0 Å². The minimum atomic E-state index is -2.31. The maximum absolute atomic E-state index is 8.14. The zero-order chi connectivity index (χ0) is 34.5. The van der Waals surface area contributed by atoms with Gasteiger partial charge in [-0.3, -0.25) is 0 Å². The third kappa shape index (κ3) is 5.54. The second-order valence-corrected chi connectivity index (χ2v) is 8.12. The molecule has 0 aliphatic heterocycles. The molecule has 4 aromatic heterocycles. The van der Waals surface area contributed by atoms with Crippen LogP contribution in [0.5, 0.6) is 0 Å². The van der Waals surface area contributed by atoms with Gasteiger partial charge in [-0.15, -0.1) is 59.2 Å². The number of nitrogens with zero attached hydrogens (tertiary/aromatic N) is 3. The molecule has 0 aliphatic carbocycles. The molecule has 175 valence electrons. The van der Waals surface area contributed by atoms with Crippen LogP contribution in [0.3, 0.4) is 0 Å². The molecule has 0 atom stereocenters. The van der Waals surface area contributed by atoms with E-state index in [1.54, 1.807) is 24.3 Å². The summed E-state index contributed by atoms with van der Waals surface area (Å²) >= 11 is 1.25. The molecule has 35 heavy (non-hydrogen) atoms. The van der Waals surface area contributed by atoms with Gasteiger partial charge >= 0.3 is 0 Å². The van der Waals surface area contributed by atoms with Crippen molar-refractivity contribution in [3.05, 3.63) is 114 Å². The first kappa shape index (κ1) is 13.2. The summed E-state index contributed by atoms with van der Waals surface area (Å²) in [4.78, 5) is 12.9. The molecule has 0 aliphatic rings. The van der Waals surface area contributed by atoms with E-state index in [4.69, 9.17) is 17.8 Å². The van der Waals surface area contributed by atoms with Gasteiger partial charge in [0, 0.05) is 50.5 Å². The van der Waals surface area contributed by atoms with Crippen molar-refractivity contribution in [1.82, 2.24) is 15.0 Å². The maximum Gasteiger partial charge on any atom is 0.113 e. The smallest absolute Gasteiger partial charge is 0.113 e. The van der Waals surface area contributed by atoms with Crippen molar-refractivity contribution in [1.29, 1.82) is 0 Å². The fourth-order valence-electron chi connectivity index (χ4n) is 3.28. The third-order valence-electron chi connectivity index (χ3n) is 4.85. The first-order chi connectivity index (χ1) is 21.9. The van der Waals surface area contributed by atoms with Crippen LogP contribution in [-0.2, 0) is 20.1 Å². The molecule has 4 heterocycles. The summed E-state index contributed by atoms with van der Waals surface area (Å²) in [6, 6.07) is 19.1. The van der Waals surface area contributed by atoms with E-state index < -0.39 is 26.6 Å². The normalized spacial score (nSPS) is 17.0. The summed E-state index contributed by atoms with van der Waals surface area (Å²) in [5.41, 5.74) is 2.10. The second-order valence-electron chi connectivity index (χ2n) is 7.12. The van der Waals surface area contributed by atoms with Crippen LogP contribution in [0.2, 0.25) is 0 Å². The maximum atomic E-state index is 8.14. The van der Waals surface area contributed by atoms with Gasteiger partial charge in [0.2, 0.25) is 0 Å². The van der Waals surface area contributed by atoms with Crippen LogP contribution in [0.1, 0.15) is 34.6 Å².